The number of nitrogens with one attached hydrogen (secondary N) is 1. The van der Waals surface area contributed by atoms with E-state index in [1.807, 2.05) is 0 Å². The van der Waals surface area contributed by atoms with Crippen LogP contribution in [-0.4, -0.2) is 54.7 Å². The normalized spacial score (nSPS) is 10.2. The molecule has 27 heavy (non-hydrogen) atoms. The maximum Gasteiger partial charge on any atom is 0.413 e. The second-order valence-corrected chi connectivity index (χ2v) is 7.17. The summed E-state index contributed by atoms with van der Waals surface area (Å²) in [7, 11) is 2.87. The van der Waals surface area contributed by atoms with E-state index in [1.54, 1.807) is 38.2 Å². The van der Waals surface area contributed by atoms with Crippen molar-refractivity contribution in [1.82, 2.24) is 10.2 Å². The van der Waals surface area contributed by atoms with E-state index in [-0.39, 0.29) is 23.4 Å². The third-order valence-corrected chi connectivity index (χ3v) is 5.21. The highest BCUT2D eigenvalue weighted by atomic mass is 32.2. The van der Waals surface area contributed by atoms with Crippen molar-refractivity contribution in [2.75, 3.05) is 36.7 Å². The van der Waals surface area contributed by atoms with Gasteiger partial charge in [0.05, 0.1) is 30.7 Å². The van der Waals surface area contributed by atoms with E-state index in [0.717, 1.165) is 11.3 Å². The zero-order chi connectivity index (χ0) is 19.8. The van der Waals surface area contributed by atoms with Crippen molar-refractivity contribution in [1.29, 1.82) is 0 Å². The first-order valence-electron chi connectivity index (χ1n) is 7.80. The molecule has 1 aromatic carbocycles. The highest BCUT2D eigenvalue weighted by molar-refractivity contribution is 8.01. The number of esters is 1. The Morgan fingerprint density at radius 2 is 2.00 bits per heavy atom. The van der Waals surface area contributed by atoms with E-state index in [4.69, 9.17) is 9.47 Å². The minimum Gasteiger partial charge on any atom is -0.465 e. The number of rotatable bonds is 7. The molecule has 2 rings (SSSR count). The number of aromatic nitrogens is 2. The molecule has 9 nitrogen and oxygen atoms in total. The number of para-hydroxylation sites is 1. The molecule has 0 radical (unpaired) electrons. The number of hydrogen-bond acceptors (Lipinski definition) is 9. The molecule has 1 heterocycles. The molecular weight excluding hydrogens is 392 g/mol. The number of amides is 2. The average Bonchev–Trinajstić information content (AvgIpc) is 3.12. The Bertz CT molecular complexity index is 827. The van der Waals surface area contributed by atoms with E-state index >= 15 is 0 Å². The van der Waals surface area contributed by atoms with Gasteiger partial charge in [-0.2, -0.15) is 0 Å². The summed E-state index contributed by atoms with van der Waals surface area (Å²) in [6.45, 7) is 1.95. The van der Waals surface area contributed by atoms with Crippen molar-refractivity contribution < 1.29 is 23.9 Å². The summed E-state index contributed by atoms with van der Waals surface area (Å²) in [6, 6.07) is 6.69. The fourth-order valence-electron chi connectivity index (χ4n) is 1.98. The van der Waals surface area contributed by atoms with Crippen LogP contribution in [0.5, 0.6) is 0 Å². The molecule has 2 aromatic rings. The van der Waals surface area contributed by atoms with Gasteiger partial charge in [-0.25, -0.2) is 9.59 Å². The highest BCUT2D eigenvalue weighted by Crippen LogP contribution is 2.27. The Labute approximate surface area is 164 Å². The van der Waals surface area contributed by atoms with E-state index < -0.39 is 12.1 Å². The summed E-state index contributed by atoms with van der Waals surface area (Å²) in [5.74, 6) is -0.664. The number of thioether (sulfide) groups is 1. The topological polar surface area (TPSA) is 111 Å². The van der Waals surface area contributed by atoms with Gasteiger partial charge in [-0.15, -0.1) is 10.2 Å². The van der Waals surface area contributed by atoms with Gasteiger partial charge in [0.15, 0.2) is 4.34 Å². The molecule has 0 spiro atoms. The van der Waals surface area contributed by atoms with Crippen molar-refractivity contribution in [3.8, 4) is 0 Å². The van der Waals surface area contributed by atoms with Crippen LogP contribution in [0.15, 0.2) is 28.6 Å². The van der Waals surface area contributed by atoms with Gasteiger partial charge in [-0.05, 0) is 19.1 Å². The highest BCUT2D eigenvalue weighted by Gasteiger charge is 2.19. The standard InChI is InChI=1S/C16H18N4O5S2/c1-4-25-15(23)17-14-18-19-16(27-14)26-9-12(21)20(2)11-8-6-5-7-10(11)13(22)24-3/h5-8H,4,9H2,1-3H3,(H,17,18,23). The van der Waals surface area contributed by atoms with Gasteiger partial charge in [0, 0.05) is 7.05 Å². The Morgan fingerprint density at radius 1 is 1.26 bits per heavy atom. The molecule has 1 aromatic heterocycles. The van der Waals surface area contributed by atoms with Crippen molar-refractivity contribution in [2.24, 2.45) is 0 Å². The van der Waals surface area contributed by atoms with E-state index in [0.29, 0.717) is 15.6 Å². The van der Waals surface area contributed by atoms with Gasteiger partial charge in [-0.1, -0.05) is 35.2 Å². The van der Waals surface area contributed by atoms with E-state index in [2.05, 4.69) is 15.5 Å². The Hall–Kier alpha value is -2.66. The average molecular weight is 410 g/mol. The third-order valence-electron chi connectivity index (χ3n) is 3.25. The molecule has 0 saturated carbocycles. The van der Waals surface area contributed by atoms with E-state index in [1.165, 1.54) is 23.8 Å². The lowest BCUT2D eigenvalue weighted by molar-refractivity contribution is -0.115. The first-order valence-corrected chi connectivity index (χ1v) is 9.60. The van der Waals surface area contributed by atoms with Crippen LogP contribution in [0, 0.1) is 0 Å². The first-order chi connectivity index (χ1) is 13.0. The van der Waals surface area contributed by atoms with Gasteiger partial charge in [0.1, 0.15) is 0 Å². The molecule has 0 aliphatic heterocycles. The summed E-state index contributed by atoms with van der Waals surface area (Å²) in [4.78, 5) is 37.1. The Kier molecular flexibility index (Phi) is 7.55. The fourth-order valence-corrected chi connectivity index (χ4v) is 3.63. The summed E-state index contributed by atoms with van der Waals surface area (Å²) < 4.78 is 10.0. The minimum atomic E-state index is -0.611. The molecule has 0 atom stereocenters. The predicted molar refractivity (Wildman–Crippen MR) is 102 cm³/mol. The van der Waals surface area contributed by atoms with Crippen LogP contribution in [0.3, 0.4) is 0 Å². The quantitative estimate of drug-likeness (QED) is 0.421. The lowest BCUT2D eigenvalue weighted by Crippen LogP contribution is -2.29. The number of benzene rings is 1. The maximum absolute atomic E-state index is 12.5. The van der Waals surface area contributed by atoms with Crippen LogP contribution < -0.4 is 10.2 Å². The molecule has 0 unspecified atom stereocenters. The molecule has 0 aliphatic rings. The lowest BCUT2D eigenvalue weighted by Gasteiger charge is -2.19. The number of hydrogen-bond donors (Lipinski definition) is 1. The van der Waals surface area contributed by atoms with Crippen molar-refractivity contribution >= 4 is 51.9 Å². The molecule has 0 fully saturated rings. The van der Waals surface area contributed by atoms with Crippen LogP contribution in [0.1, 0.15) is 17.3 Å². The summed E-state index contributed by atoms with van der Waals surface area (Å²) in [6.07, 6.45) is -0.611. The van der Waals surface area contributed by atoms with Gasteiger partial charge in [0.2, 0.25) is 11.0 Å². The van der Waals surface area contributed by atoms with Crippen LogP contribution >= 0.6 is 23.1 Å². The molecule has 0 bridgehead atoms. The monoisotopic (exact) mass is 410 g/mol. The third kappa shape index (κ3) is 5.66. The number of anilines is 2. The fraction of sp³-hybridized carbons (Fsp3) is 0.312. The molecule has 2 amide bonds. The van der Waals surface area contributed by atoms with Gasteiger partial charge in [0.25, 0.3) is 0 Å². The van der Waals surface area contributed by atoms with Crippen molar-refractivity contribution in [2.45, 2.75) is 11.3 Å². The molecule has 11 heteroatoms. The number of carbonyl (C=O) groups excluding carboxylic acids is 3. The summed E-state index contributed by atoms with van der Waals surface area (Å²) >= 11 is 2.31. The van der Waals surface area contributed by atoms with Crippen molar-refractivity contribution in [3.05, 3.63) is 29.8 Å². The molecule has 0 saturated heterocycles. The SMILES string of the molecule is CCOC(=O)Nc1nnc(SCC(=O)N(C)c2ccccc2C(=O)OC)s1. The zero-order valence-electron chi connectivity index (χ0n) is 14.9. The largest absolute Gasteiger partial charge is 0.465 e. The Morgan fingerprint density at radius 3 is 2.70 bits per heavy atom. The van der Waals surface area contributed by atoms with Crippen molar-refractivity contribution in [3.63, 3.8) is 0 Å². The number of methoxy groups -OCH3 is 1. The number of nitrogens with zero attached hydrogens (tertiary/aromatic N) is 3. The summed E-state index contributed by atoms with van der Waals surface area (Å²) in [5.41, 5.74) is 0.759. The van der Waals surface area contributed by atoms with Crippen LogP contribution in [-0.2, 0) is 14.3 Å². The Balaban J connectivity index is 1.97. The second-order valence-electron chi connectivity index (χ2n) is 4.97. The number of carbonyl (C=O) groups is 3. The van der Waals surface area contributed by atoms with E-state index in [9.17, 15) is 14.4 Å². The lowest BCUT2D eigenvalue weighted by atomic mass is 10.1. The molecular formula is C16H18N4O5S2. The molecule has 144 valence electrons. The number of ether oxygens (including phenoxy) is 2. The molecule has 1 N–H and O–H groups in total. The van der Waals surface area contributed by atoms with Crippen LogP contribution in [0.25, 0.3) is 0 Å². The second kappa shape index (κ2) is 9.88. The smallest absolute Gasteiger partial charge is 0.413 e. The van der Waals surface area contributed by atoms with Gasteiger partial charge in [-0.3, -0.25) is 10.1 Å². The predicted octanol–water partition coefficient (Wildman–Crippen LogP) is 2.65. The summed E-state index contributed by atoms with van der Waals surface area (Å²) in [5, 5.41) is 10.5. The minimum absolute atomic E-state index is 0.0834. The van der Waals surface area contributed by atoms with Crippen LogP contribution in [0.2, 0.25) is 0 Å². The zero-order valence-corrected chi connectivity index (χ0v) is 16.6. The van der Waals surface area contributed by atoms with Gasteiger partial charge >= 0.3 is 12.1 Å². The maximum atomic E-state index is 12.5. The molecule has 0 aliphatic carbocycles. The first kappa shape index (κ1) is 20.6. The van der Waals surface area contributed by atoms with Gasteiger partial charge < -0.3 is 14.4 Å². The van der Waals surface area contributed by atoms with Crippen LogP contribution in [0.4, 0.5) is 15.6 Å².